The predicted molar refractivity (Wildman–Crippen MR) is 71.5 cm³/mol. The number of nitrogens with two attached hydrogens (primary N) is 1. The Morgan fingerprint density at radius 2 is 1.86 bits per heavy atom. The summed E-state index contributed by atoms with van der Waals surface area (Å²) >= 11 is 0. The molecule has 2 aromatic carbocycles. The lowest BCUT2D eigenvalue weighted by Gasteiger charge is -2.11. The van der Waals surface area contributed by atoms with E-state index in [0.717, 1.165) is 24.3 Å². The molecule has 0 aromatic heterocycles. The normalized spacial score (nSPS) is 10.4. The van der Waals surface area contributed by atoms with Crippen LogP contribution in [0.15, 0.2) is 30.3 Å². The lowest BCUT2D eigenvalue weighted by Crippen LogP contribution is -2.08. The summed E-state index contributed by atoms with van der Waals surface area (Å²) in [5.41, 5.74) is 5.36. The molecule has 0 aliphatic carbocycles. The summed E-state index contributed by atoms with van der Waals surface area (Å²) in [6.07, 6.45) is 0. The molecule has 2 aromatic rings. The van der Waals surface area contributed by atoms with Gasteiger partial charge in [0.2, 0.25) is 0 Å². The molecule has 2 rings (SSSR count). The molecule has 0 fully saturated rings. The van der Waals surface area contributed by atoms with Crippen molar-refractivity contribution in [1.82, 2.24) is 0 Å². The van der Waals surface area contributed by atoms with Gasteiger partial charge in [-0.1, -0.05) is 6.07 Å². The molecule has 0 aliphatic heterocycles. The summed E-state index contributed by atoms with van der Waals surface area (Å²) in [4.78, 5) is 10.7. The summed E-state index contributed by atoms with van der Waals surface area (Å²) < 4.78 is 39.7. The van der Waals surface area contributed by atoms with Crippen molar-refractivity contribution in [2.75, 3.05) is 11.1 Å². The number of carboxylic acids is 1. The third kappa shape index (κ3) is 3.25. The molecule has 4 nitrogen and oxygen atoms in total. The molecule has 0 saturated heterocycles. The quantitative estimate of drug-likeness (QED) is 0.758. The van der Waals surface area contributed by atoms with E-state index in [1.165, 1.54) is 6.07 Å². The first-order valence-electron chi connectivity index (χ1n) is 5.88. The van der Waals surface area contributed by atoms with Crippen LogP contribution in [0.25, 0.3) is 0 Å². The first kappa shape index (κ1) is 14.7. The maximum atomic E-state index is 13.5. The van der Waals surface area contributed by atoms with Crippen LogP contribution in [0.4, 0.5) is 24.5 Å². The number of benzene rings is 2. The van der Waals surface area contributed by atoms with E-state index in [1.807, 2.05) is 0 Å². The summed E-state index contributed by atoms with van der Waals surface area (Å²) in [7, 11) is 0. The third-order valence-corrected chi connectivity index (χ3v) is 2.85. The fourth-order valence-corrected chi connectivity index (χ4v) is 1.76. The average Bonchev–Trinajstić information content (AvgIpc) is 2.40. The largest absolute Gasteiger partial charge is 0.478 e. The van der Waals surface area contributed by atoms with Crippen molar-refractivity contribution in [2.45, 2.75) is 6.54 Å². The maximum Gasteiger partial charge on any atom is 0.338 e. The fraction of sp³-hybridized carbons (Fsp3) is 0.0714. The van der Waals surface area contributed by atoms with Crippen molar-refractivity contribution in [3.8, 4) is 0 Å². The van der Waals surface area contributed by atoms with Crippen LogP contribution in [-0.2, 0) is 6.54 Å². The van der Waals surface area contributed by atoms with E-state index in [-0.39, 0.29) is 23.5 Å². The SMILES string of the molecule is Nc1cc(C(=O)O)c(F)cc1NCc1ccc(F)cc1F. The molecule has 4 N–H and O–H groups in total. The van der Waals surface area contributed by atoms with Crippen molar-refractivity contribution < 1.29 is 23.1 Å². The van der Waals surface area contributed by atoms with Gasteiger partial charge in [0.25, 0.3) is 0 Å². The van der Waals surface area contributed by atoms with Crippen molar-refractivity contribution in [3.05, 3.63) is 58.9 Å². The number of carbonyl (C=O) groups is 1. The Morgan fingerprint density at radius 1 is 1.14 bits per heavy atom. The zero-order valence-corrected chi connectivity index (χ0v) is 10.7. The first-order valence-corrected chi connectivity index (χ1v) is 5.88. The highest BCUT2D eigenvalue weighted by Gasteiger charge is 2.14. The van der Waals surface area contributed by atoms with Gasteiger partial charge in [0.05, 0.1) is 16.9 Å². The van der Waals surface area contributed by atoms with Gasteiger partial charge in [-0.3, -0.25) is 0 Å². The van der Waals surface area contributed by atoms with Crippen LogP contribution in [-0.4, -0.2) is 11.1 Å². The Balaban J connectivity index is 2.20. The number of carboxylic acid groups (broad SMARTS) is 1. The molecule has 0 bridgehead atoms. The highest BCUT2D eigenvalue weighted by Crippen LogP contribution is 2.24. The molecule has 0 heterocycles. The highest BCUT2D eigenvalue weighted by molar-refractivity contribution is 5.90. The van der Waals surface area contributed by atoms with Crippen LogP contribution in [0.3, 0.4) is 0 Å². The Kier molecular flexibility index (Phi) is 4.02. The number of aromatic carboxylic acids is 1. The molecule has 110 valence electrons. The summed E-state index contributed by atoms with van der Waals surface area (Å²) in [5.74, 6) is -3.84. The Hall–Kier alpha value is -2.70. The molecule has 0 amide bonds. The van der Waals surface area contributed by atoms with Crippen molar-refractivity contribution >= 4 is 17.3 Å². The van der Waals surface area contributed by atoms with Crippen molar-refractivity contribution in [2.24, 2.45) is 0 Å². The first-order chi connectivity index (χ1) is 9.88. The molecule has 7 heteroatoms. The zero-order chi connectivity index (χ0) is 15.6. The number of anilines is 2. The van der Waals surface area contributed by atoms with Gasteiger partial charge in [0, 0.05) is 18.2 Å². The number of halogens is 3. The van der Waals surface area contributed by atoms with E-state index in [2.05, 4.69) is 5.32 Å². The summed E-state index contributed by atoms with van der Waals surface area (Å²) in [5, 5.41) is 11.4. The van der Waals surface area contributed by atoms with Gasteiger partial charge in [-0.25, -0.2) is 18.0 Å². The van der Waals surface area contributed by atoms with E-state index in [9.17, 15) is 18.0 Å². The predicted octanol–water partition coefficient (Wildman–Crippen LogP) is 3.00. The zero-order valence-electron chi connectivity index (χ0n) is 10.7. The smallest absolute Gasteiger partial charge is 0.338 e. The van der Waals surface area contributed by atoms with E-state index >= 15 is 0 Å². The Bertz CT molecular complexity index is 705. The van der Waals surface area contributed by atoms with Gasteiger partial charge in [0.15, 0.2) is 0 Å². The molecule has 0 spiro atoms. The minimum absolute atomic E-state index is 0.0105. The third-order valence-electron chi connectivity index (χ3n) is 2.85. The summed E-state index contributed by atoms with van der Waals surface area (Å²) in [6.45, 7) is -0.0534. The van der Waals surface area contributed by atoms with Crippen molar-refractivity contribution in [1.29, 1.82) is 0 Å². The Labute approximate surface area is 118 Å². The molecule has 0 aliphatic rings. The van der Waals surface area contributed by atoms with Crippen LogP contribution in [0.5, 0.6) is 0 Å². The molecular formula is C14H11F3N2O2. The summed E-state index contributed by atoms with van der Waals surface area (Å²) in [6, 6.07) is 4.96. The topological polar surface area (TPSA) is 75.4 Å². The van der Waals surface area contributed by atoms with Gasteiger partial charge in [-0.15, -0.1) is 0 Å². The number of rotatable bonds is 4. The molecule has 0 unspecified atom stereocenters. The second-order valence-corrected chi connectivity index (χ2v) is 4.31. The molecule has 0 radical (unpaired) electrons. The van der Waals surface area contributed by atoms with Crippen LogP contribution in [0.1, 0.15) is 15.9 Å². The van der Waals surface area contributed by atoms with Crippen LogP contribution < -0.4 is 11.1 Å². The van der Waals surface area contributed by atoms with Gasteiger partial charge in [-0.2, -0.15) is 0 Å². The van der Waals surface area contributed by atoms with Gasteiger partial charge >= 0.3 is 5.97 Å². The van der Waals surface area contributed by atoms with Crippen LogP contribution >= 0.6 is 0 Å². The second-order valence-electron chi connectivity index (χ2n) is 4.31. The standard InChI is InChI=1S/C14H11F3N2O2/c15-8-2-1-7(10(16)3-8)6-19-13-5-11(17)9(14(20)21)4-12(13)18/h1-5,19H,6,18H2,(H,20,21). The molecular weight excluding hydrogens is 285 g/mol. The van der Waals surface area contributed by atoms with E-state index < -0.39 is 29.0 Å². The monoisotopic (exact) mass is 296 g/mol. The van der Waals surface area contributed by atoms with Crippen LogP contribution in [0.2, 0.25) is 0 Å². The van der Waals surface area contributed by atoms with Crippen LogP contribution in [0, 0.1) is 17.5 Å². The van der Waals surface area contributed by atoms with Crippen molar-refractivity contribution in [3.63, 3.8) is 0 Å². The minimum atomic E-state index is -1.43. The maximum absolute atomic E-state index is 13.5. The number of hydrogen-bond acceptors (Lipinski definition) is 3. The lowest BCUT2D eigenvalue weighted by molar-refractivity contribution is 0.0692. The van der Waals surface area contributed by atoms with Gasteiger partial charge < -0.3 is 16.2 Å². The number of nitrogen functional groups attached to an aromatic ring is 1. The lowest BCUT2D eigenvalue weighted by atomic mass is 10.1. The molecule has 21 heavy (non-hydrogen) atoms. The van der Waals surface area contributed by atoms with Gasteiger partial charge in [0.1, 0.15) is 17.5 Å². The fourth-order valence-electron chi connectivity index (χ4n) is 1.76. The van der Waals surface area contributed by atoms with Gasteiger partial charge in [-0.05, 0) is 18.2 Å². The van der Waals surface area contributed by atoms with E-state index in [1.54, 1.807) is 0 Å². The molecule has 0 atom stereocenters. The number of nitrogens with one attached hydrogen (secondary N) is 1. The van der Waals surface area contributed by atoms with E-state index in [0.29, 0.717) is 0 Å². The number of hydrogen-bond donors (Lipinski definition) is 3. The highest BCUT2D eigenvalue weighted by atomic mass is 19.1. The molecule has 0 saturated carbocycles. The van der Waals surface area contributed by atoms with E-state index in [4.69, 9.17) is 10.8 Å². The average molecular weight is 296 g/mol. The minimum Gasteiger partial charge on any atom is -0.478 e. The second kappa shape index (κ2) is 5.74. The Morgan fingerprint density at radius 3 is 2.48 bits per heavy atom.